The highest BCUT2D eigenvalue weighted by atomic mass is 16.5. The summed E-state index contributed by atoms with van der Waals surface area (Å²) >= 11 is 0. The Morgan fingerprint density at radius 2 is 2.00 bits per heavy atom. The minimum absolute atomic E-state index is 0.0556. The van der Waals surface area contributed by atoms with Gasteiger partial charge in [0.15, 0.2) is 0 Å². The van der Waals surface area contributed by atoms with E-state index in [1.54, 1.807) is 7.11 Å². The number of rotatable bonds is 6. The number of carbonyl (C=O) groups is 1. The van der Waals surface area contributed by atoms with Crippen molar-refractivity contribution in [2.24, 2.45) is 5.92 Å². The lowest BCUT2D eigenvalue weighted by Crippen LogP contribution is -2.26. The van der Waals surface area contributed by atoms with Gasteiger partial charge in [0.1, 0.15) is 12.4 Å². The Balaban J connectivity index is 2.19. The van der Waals surface area contributed by atoms with Gasteiger partial charge in [0.05, 0.1) is 12.5 Å². The molecule has 0 saturated heterocycles. The van der Waals surface area contributed by atoms with E-state index in [-0.39, 0.29) is 11.8 Å². The number of ether oxygens (including phenoxy) is 2. The number of carboxylic acid groups (broad SMARTS) is 1. The minimum atomic E-state index is -0.693. The van der Waals surface area contributed by atoms with Crippen LogP contribution in [0.3, 0.4) is 0 Å². The summed E-state index contributed by atoms with van der Waals surface area (Å²) in [7, 11) is 1.64. The van der Waals surface area contributed by atoms with Crippen molar-refractivity contribution in [2.45, 2.75) is 31.6 Å². The summed E-state index contributed by atoms with van der Waals surface area (Å²) < 4.78 is 10.7. The molecule has 2 unspecified atom stereocenters. The van der Waals surface area contributed by atoms with Crippen LogP contribution in [0, 0.1) is 5.92 Å². The monoisotopic (exact) mass is 278 g/mol. The fourth-order valence-electron chi connectivity index (χ4n) is 2.95. The molecule has 2 rings (SSSR count). The van der Waals surface area contributed by atoms with Crippen LogP contribution in [0.4, 0.5) is 0 Å². The van der Waals surface area contributed by atoms with Crippen molar-refractivity contribution in [3.8, 4) is 5.75 Å². The summed E-state index contributed by atoms with van der Waals surface area (Å²) in [6.45, 7) is 1.01. The molecule has 0 aromatic heterocycles. The van der Waals surface area contributed by atoms with Gasteiger partial charge in [-0.3, -0.25) is 4.79 Å². The van der Waals surface area contributed by atoms with Gasteiger partial charge in [-0.25, -0.2) is 0 Å². The molecule has 20 heavy (non-hydrogen) atoms. The first kappa shape index (κ1) is 14.9. The van der Waals surface area contributed by atoms with Crippen molar-refractivity contribution in [2.75, 3.05) is 20.3 Å². The van der Waals surface area contributed by atoms with Crippen molar-refractivity contribution in [1.82, 2.24) is 0 Å². The highest BCUT2D eigenvalue weighted by Gasteiger charge is 2.33. The second-order valence-electron chi connectivity index (χ2n) is 5.21. The zero-order chi connectivity index (χ0) is 14.4. The molecule has 4 heteroatoms. The zero-order valence-corrected chi connectivity index (χ0v) is 11.9. The lowest BCUT2D eigenvalue weighted by molar-refractivity contribution is -0.143. The van der Waals surface area contributed by atoms with Crippen molar-refractivity contribution < 1.29 is 19.4 Å². The van der Waals surface area contributed by atoms with Gasteiger partial charge in [-0.05, 0) is 24.5 Å². The molecule has 1 fully saturated rings. The number of carboxylic acids is 1. The van der Waals surface area contributed by atoms with E-state index in [4.69, 9.17) is 9.47 Å². The predicted octanol–water partition coefficient (Wildman–Crippen LogP) is 3.07. The third-order valence-electron chi connectivity index (χ3n) is 3.95. The second kappa shape index (κ2) is 7.29. The van der Waals surface area contributed by atoms with Crippen molar-refractivity contribution in [3.63, 3.8) is 0 Å². The molecule has 4 nitrogen and oxygen atoms in total. The van der Waals surface area contributed by atoms with E-state index in [9.17, 15) is 9.90 Å². The Labute approximate surface area is 119 Å². The summed E-state index contributed by atoms with van der Waals surface area (Å²) in [5, 5.41) is 9.41. The van der Waals surface area contributed by atoms with Gasteiger partial charge in [-0.15, -0.1) is 0 Å². The minimum Gasteiger partial charge on any atom is -0.491 e. The fraction of sp³-hybridized carbons (Fsp3) is 0.562. The molecule has 1 aliphatic carbocycles. The van der Waals surface area contributed by atoms with Gasteiger partial charge in [-0.1, -0.05) is 31.0 Å². The first-order valence-electron chi connectivity index (χ1n) is 7.17. The summed E-state index contributed by atoms with van der Waals surface area (Å²) in [5.41, 5.74) is 1.02. The van der Waals surface area contributed by atoms with Gasteiger partial charge >= 0.3 is 5.97 Å². The maximum atomic E-state index is 11.4. The number of methoxy groups -OCH3 is 1. The highest BCUT2D eigenvalue weighted by Crippen LogP contribution is 2.41. The van der Waals surface area contributed by atoms with Gasteiger partial charge in [0.2, 0.25) is 0 Å². The molecule has 1 aliphatic rings. The molecule has 1 aromatic carbocycles. The van der Waals surface area contributed by atoms with Gasteiger partial charge < -0.3 is 14.6 Å². The van der Waals surface area contributed by atoms with Crippen LogP contribution in [0.1, 0.15) is 37.2 Å². The van der Waals surface area contributed by atoms with E-state index >= 15 is 0 Å². The SMILES string of the molecule is COCCOc1ccccc1C1CCCCC1C(=O)O. The average molecular weight is 278 g/mol. The van der Waals surface area contributed by atoms with E-state index < -0.39 is 5.97 Å². The molecule has 0 radical (unpaired) electrons. The molecule has 0 heterocycles. The standard InChI is InChI=1S/C16H22O4/c1-19-10-11-20-15-9-5-4-7-13(15)12-6-2-3-8-14(12)16(17)18/h4-5,7,9,12,14H,2-3,6,8,10-11H2,1H3,(H,17,18). The molecule has 0 amide bonds. The van der Waals surface area contributed by atoms with Crippen LogP contribution in [0.25, 0.3) is 0 Å². The topological polar surface area (TPSA) is 55.8 Å². The fourth-order valence-corrected chi connectivity index (χ4v) is 2.95. The third-order valence-corrected chi connectivity index (χ3v) is 3.95. The lowest BCUT2D eigenvalue weighted by Gasteiger charge is -2.30. The molecule has 1 saturated carbocycles. The maximum absolute atomic E-state index is 11.4. The maximum Gasteiger partial charge on any atom is 0.307 e. The van der Waals surface area contributed by atoms with Gasteiger partial charge in [0, 0.05) is 13.0 Å². The molecule has 0 aliphatic heterocycles. The Hall–Kier alpha value is -1.55. The van der Waals surface area contributed by atoms with Crippen molar-refractivity contribution in [1.29, 1.82) is 0 Å². The number of para-hydroxylation sites is 1. The molecule has 1 N–H and O–H groups in total. The number of hydrogen-bond acceptors (Lipinski definition) is 3. The summed E-state index contributed by atoms with van der Waals surface area (Å²) in [6, 6.07) is 7.78. The van der Waals surface area contributed by atoms with E-state index in [0.717, 1.165) is 37.0 Å². The first-order chi connectivity index (χ1) is 9.74. The van der Waals surface area contributed by atoms with E-state index in [1.807, 2.05) is 24.3 Å². The predicted molar refractivity (Wildman–Crippen MR) is 76.1 cm³/mol. The molecule has 0 spiro atoms. The molecule has 0 bridgehead atoms. The smallest absolute Gasteiger partial charge is 0.307 e. The quantitative estimate of drug-likeness (QED) is 0.812. The van der Waals surface area contributed by atoms with Crippen LogP contribution in [-0.4, -0.2) is 31.4 Å². The summed E-state index contributed by atoms with van der Waals surface area (Å²) in [6.07, 6.45) is 3.76. The first-order valence-corrected chi connectivity index (χ1v) is 7.17. The third kappa shape index (κ3) is 3.51. The van der Waals surface area contributed by atoms with Gasteiger partial charge in [-0.2, -0.15) is 0 Å². The number of hydrogen-bond donors (Lipinski definition) is 1. The summed E-state index contributed by atoms with van der Waals surface area (Å²) in [5.74, 6) is -0.139. The van der Waals surface area contributed by atoms with Crippen molar-refractivity contribution >= 4 is 5.97 Å². The normalized spacial score (nSPS) is 22.4. The molecular formula is C16H22O4. The van der Waals surface area contributed by atoms with Crippen molar-refractivity contribution in [3.05, 3.63) is 29.8 Å². The van der Waals surface area contributed by atoms with E-state index in [0.29, 0.717) is 13.2 Å². The Kier molecular flexibility index (Phi) is 5.41. The molecule has 1 aromatic rings. The molecule has 2 atom stereocenters. The number of aliphatic carboxylic acids is 1. The Bertz CT molecular complexity index is 444. The Morgan fingerprint density at radius 1 is 1.25 bits per heavy atom. The molecule has 110 valence electrons. The highest BCUT2D eigenvalue weighted by molar-refractivity contribution is 5.71. The molecular weight excluding hydrogens is 256 g/mol. The summed E-state index contributed by atoms with van der Waals surface area (Å²) in [4.78, 5) is 11.4. The van der Waals surface area contributed by atoms with Crippen LogP contribution in [0.5, 0.6) is 5.75 Å². The lowest BCUT2D eigenvalue weighted by atomic mass is 9.75. The largest absolute Gasteiger partial charge is 0.491 e. The van der Waals surface area contributed by atoms with E-state index in [2.05, 4.69) is 0 Å². The zero-order valence-electron chi connectivity index (χ0n) is 11.9. The van der Waals surface area contributed by atoms with Crippen LogP contribution >= 0.6 is 0 Å². The van der Waals surface area contributed by atoms with Crippen LogP contribution in [-0.2, 0) is 9.53 Å². The average Bonchev–Trinajstić information content (AvgIpc) is 2.48. The van der Waals surface area contributed by atoms with Gasteiger partial charge in [0.25, 0.3) is 0 Å². The van der Waals surface area contributed by atoms with Crippen LogP contribution in [0.15, 0.2) is 24.3 Å². The van der Waals surface area contributed by atoms with Crippen LogP contribution in [0.2, 0.25) is 0 Å². The van der Waals surface area contributed by atoms with E-state index in [1.165, 1.54) is 0 Å². The number of benzene rings is 1. The Morgan fingerprint density at radius 3 is 2.75 bits per heavy atom. The second-order valence-corrected chi connectivity index (χ2v) is 5.21. The van der Waals surface area contributed by atoms with Crippen LogP contribution < -0.4 is 4.74 Å².